The zero-order chi connectivity index (χ0) is 8.55. The van der Waals surface area contributed by atoms with Crippen LogP contribution in [0.2, 0.25) is 0 Å². The number of nitrogens with one attached hydrogen (secondary N) is 1. The maximum atomic E-state index is 10.7. The van der Waals surface area contributed by atoms with Gasteiger partial charge >= 0.3 is 5.97 Å². The first kappa shape index (κ1) is 7.36. The molecule has 2 heterocycles. The number of aliphatic carboxylic acids is 1. The molecule has 0 bridgehead atoms. The molecule has 1 fully saturated rings. The Balaban J connectivity index is 2.24. The van der Waals surface area contributed by atoms with Gasteiger partial charge in [-0.2, -0.15) is 0 Å². The van der Waals surface area contributed by atoms with Crippen molar-refractivity contribution in [2.75, 3.05) is 13.2 Å². The van der Waals surface area contributed by atoms with E-state index in [1.165, 1.54) is 0 Å². The summed E-state index contributed by atoms with van der Waals surface area (Å²) in [6.07, 6.45) is 5.44. The lowest BCUT2D eigenvalue weighted by Crippen LogP contribution is -2.39. The van der Waals surface area contributed by atoms with Crippen molar-refractivity contribution in [2.24, 2.45) is 0 Å². The summed E-state index contributed by atoms with van der Waals surface area (Å²) in [5, 5.41) is 11.9. The summed E-state index contributed by atoms with van der Waals surface area (Å²) in [5.41, 5.74) is 1.06. The van der Waals surface area contributed by atoms with Crippen LogP contribution >= 0.6 is 0 Å². The van der Waals surface area contributed by atoms with Gasteiger partial charge < -0.3 is 10.0 Å². The highest BCUT2D eigenvalue weighted by molar-refractivity contribution is 5.77. The first-order chi connectivity index (χ1) is 5.79. The molecule has 0 unspecified atom stereocenters. The fourth-order valence-electron chi connectivity index (χ4n) is 1.53. The first-order valence-corrected chi connectivity index (χ1v) is 3.86. The number of carboxylic acid groups (broad SMARTS) is 1. The molecule has 0 radical (unpaired) electrons. The molecule has 64 valence electrons. The Bertz CT molecular complexity index is 270. The third kappa shape index (κ3) is 1.00. The fraction of sp³-hybridized carbons (Fsp3) is 0.375. The molecule has 0 spiro atoms. The van der Waals surface area contributed by atoms with Gasteiger partial charge in [-0.05, 0) is 6.08 Å². The van der Waals surface area contributed by atoms with Gasteiger partial charge in [0, 0.05) is 12.2 Å². The van der Waals surface area contributed by atoms with Crippen LogP contribution in [0.1, 0.15) is 0 Å². The molecule has 2 N–H and O–H groups in total. The van der Waals surface area contributed by atoms with Crippen molar-refractivity contribution in [2.45, 2.75) is 6.04 Å². The van der Waals surface area contributed by atoms with Gasteiger partial charge in [0.05, 0.1) is 6.67 Å². The quantitative estimate of drug-likeness (QED) is 0.564. The molecule has 0 aliphatic carbocycles. The summed E-state index contributed by atoms with van der Waals surface area (Å²) in [7, 11) is 0. The number of carbonyl (C=O) groups is 1. The smallest absolute Gasteiger partial charge is 0.330 e. The molecule has 2 aliphatic rings. The number of hydrogen-bond donors (Lipinski definition) is 2. The van der Waals surface area contributed by atoms with Crippen molar-refractivity contribution >= 4 is 5.97 Å². The minimum atomic E-state index is -0.791. The van der Waals surface area contributed by atoms with Crippen LogP contribution in [-0.4, -0.2) is 35.2 Å². The molecular weight excluding hydrogens is 156 g/mol. The van der Waals surface area contributed by atoms with E-state index in [1.807, 2.05) is 11.0 Å². The molecule has 0 aromatic rings. The molecule has 0 saturated carbocycles. The molecule has 12 heavy (non-hydrogen) atoms. The Kier molecular flexibility index (Phi) is 1.62. The van der Waals surface area contributed by atoms with E-state index >= 15 is 0 Å². The predicted molar refractivity (Wildman–Crippen MR) is 43.4 cm³/mol. The predicted octanol–water partition coefficient (Wildman–Crippen LogP) is -0.244. The molecule has 4 heteroatoms. The van der Waals surface area contributed by atoms with Gasteiger partial charge in [-0.15, -0.1) is 0 Å². The Morgan fingerprint density at radius 2 is 2.58 bits per heavy atom. The molecule has 2 aliphatic heterocycles. The number of rotatable bonds is 1. The Morgan fingerprint density at radius 3 is 3.33 bits per heavy atom. The minimum absolute atomic E-state index is 0.486. The minimum Gasteiger partial charge on any atom is -0.479 e. The van der Waals surface area contributed by atoms with Crippen LogP contribution < -0.4 is 5.32 Å². The fourth-order valence-corrected chi connectivity index (χ4v) is 1.53. The van der Waals surface area contributed by atoms with Crippen LogP contribution in [0.5, 0.6) is 0 Å². The summed E-state index contributed by atoms with van der Waals surface area (Å²) in [5.74, 6) is -0.791. The van der Waals surface area contributed by atoms with Gasteiger partial charge in [-0.1, -0.05) is 12.2 Å². The highest BCUT2D eigenvalue weighted by atomic mass is 16.4. The van der Waals surface area contributed by atoms with Gasteiger partial charge in [0.1, 0.15) is 6.04 Å². The second kappa shape index (κ2) is 2.64. The molecule has 2 rings (SSSR count). The molecule has 1 atom stereocenters. The second-order valence-electron chi connectivity index (χ2n) is 2.88. The molecule has 4 nitrogen and oxygen atoms in total. The molecule has 0 amide bonds. The molecule has 0 aromatic carbocycles. The van der Waals surface area contributed by atoms with E-state index < -0.39 is 12.0 Å². The van der Waals surface area contributed by atoms with E-state index in [1.54, 1.807) is 12.2 Å². The van der Waals surface area contributed by atoms with E-state index in [-0.39, 0.29) is 0 Å². The Labute approximate surface area is 70.2 Å². The van der Waals surface area contributed by atoms with Crippen molar-refractivity contribution in [3.63, 3.8) is 0 Å². The summed E-state index contributed by atoms with van der Waals surface area (Å²) in [6, 6.07) is -0.486. The lowest BCUT2D eigenvalue weighted by atomic mass is 10.1. The monoisotopic (exact) mass is 166 g/mol. The highest BCUT2D eigenvalue weighted by Gasteiger charge is 2.29. The van der Waals surface area contributed by atoms with E-state index in [4.69, 9.17) is 5.11 Å². The van der Waals surface area contributed by atoms with Crippen LogP contribution in [0, 0.1) is 0 Å². The number of carboxylic acids is 1. The Hall–Kier alpha value is -1.29. The number of nitrogens with zero attached hydrogens (tertiary/aromatic N) is 1. The average molecular weight is 166 g/mol. The van der Waals surface area contributed by atoms with Crippen molar-refractivity contribution < 1.29 is 9.90 Å². The third-order valence-corrected chi connectivity index (χ3v) is 2.13. The van der Waals surface area contributed by atoms with Gasteiger partial charge in [-0.3, -0.25) is 5.32 Å². The van der Waals surface area contributed by atoms with E-state index in [2.05, 4.69) is 5.32 Å². The maximum Gasteiger partial charge on any atom is 0.330 e. The van der Waals surface area contributed by atoms with Crippen LogP contribution in [0.4, 0.5) is 0 Å². The van der Waals surface area contributed by atoms with Gasteiger partial charge in [0.2, 0.25) is 0 Å². The van der Waals surface area contributed by atoms with E-state index in [0.29, 0.717) is 6.67 Å². The highest BCUT2D eigenvalue weighted by Crippen LogP contribution is 2.18. The van der Waals surface area contributed by atoms with E-state index in [0.717, 1.165) is 12.2 Å². The van der Waals surface area contributed by atoms with Crippen LogP contribution in [0.15, 0.2) is 23.9 Å². The zero-order valence-electron chi connectivity index (χ0n) is 6.53. The van der Waals surface area contributed by atoms with Gasteiger partial charge in [-0.25, -0.2) is 4.79 Å². The third-order valence-electron chi connectivity index (χ3n) is 2.13. The normalized spacial score (nSPS) is 26.8. The van der Waals surface area contributed by atoms with Crippen LogP contribution in [0.3, 0.4) is 0 Å². The SMILES string of the molecule is O=C(O)[C@H]1C=CC=C2CNCN21. The maximum absolute atomic E-state index is 10.7. The van der Waals surface area contributed by atoms with E-state index in [9.17, 15) is 4.79 Å². The van der Waals surface area contributed by atoms with Crippen molar-refractivity contribution in [3.05, 3.63) is 23.9 Å². The standard InChI is InChI=1S/C8H10N2O2/c11-8(12)7-3-1-2-6-4-9-5-10(6)7/h1-3,7,9H,4-5H2,(H,11,12)/t7-/m1/s1. The number of allylic oxidation sites excluding steroid dienone is 2. The van der Waals surface area contributed by atoms with Crippen molar-refractivity contribution in [1.29, 1.82) is 0 Å². The van der Waals surface area contributed by atoms with Crippen molar-refractivity contribution in [3.8, 4) is 0 Å². The molecule has 0 aromatic heterocycles. The van der Waals surface area contributed by atoms with Gasteiger partial charge in [0.25, 0.3) is 0 Å². The van der Waals surface area contributed by atoms with Crippen LogP contribution in [0.25, 0.3) is 0 Å². The average Bonchev–Trinajstić information content (AvgIpc) is 2.49. The summed E-state index contributed by atoms with van der Waals surface area (Å²) < 4.78 is 0. The summed E-state index contributed by atoms with van der Waals surface area (Å²) in [4.78, 5) is 12.6. The van der Waals surface area contributed by atoms with Gasteiger partial charge in [0.15, 0.2) is 0 Å². The number of hydrogen-bond acceptors (Lipinski definition) is 3. The first-order valence-electron chi connectivity index (χ1n) is 3.86. The lowest BCUT2D eigenvalue weighted by Gasteiger charge is -2.26. The van der Waals surface area contributed by atoms with Crippen molar-refractivity contribution in [1.82, 2.24) is 10.2 Å². The largest absolute Gasteiger partial charge is 0.479 e. The lowest BCUT2D eigenvalue weighted by molar-refractivity contribution is -0.140. The zero-order valence-corrected chi connectivity index (χ0v) is 6.53. The topological polar surface area (TPSA) is 52.6 Å². The molecule has 1 saturated heterocycles. The second-order valence-corrected chi connectivity index (χ2v) is 2.88. The summed E-state index contributed by atoms with van der Waals surface area (Å²) >= 11 is 0. The van der Waals surface area contributed by atoms with Crippen LogP contribution in [-0.2, 0) is 4.79 Å². The molecular formula is C8H10N2O2. The number of fused-ring (bicyclic) bond motifs is 1. The Morgan fingerprint density at radius 1 is 1.75 bits per heavy atom. The summed E-state index contributed by atoms with van der Waals surface area (Å²) in [6.45, 7) is 1.40.